The van der Waals surface area contributed by atoms with Crippen molar-refractivity contribution in [2.75, 3.05) is 45.9 Å². The van der Waals surface area contributed by atoms with Gasteiger partial charge in [0.15, 0.2) is 0 Å². The van der Waals surface area contributed by atoms with Crippen LogP contribution >= 0.6 is 23.2 Å². The predicted molar refractivity (Wildman–Crippen MR) is 139 cm³/mol. The Morgan fingerprint density at radius 1 is 0.765 bits per heavy atom. The maximum Gasteiger partial charge on any atom is 0.123 e. The first kappa shape index (κ1) is 24.9. The number of piperazine rings is 1. The summed E-state index contributed by atoms with van der Waals surface area (Å²) in [7, 11) is 0. The van der Waals surface area contributed by atoms with Gasteiger partial charge in [0.05, 0.1) is 6.61 Å². The first-order valence-corrected chi connectivity index (χ1v) is 12.3. The summed E-state index contributed by atoms with van der Waals surface area (Å²) in [6.07, 6.45) is 4.10. The van der Waals surface area contributed by atoms with E-state index in [-0.39, 0.29) is 11.9 Å². The molecule has 178 valence electrons. The summed E-state index contributed by atoms with van der Waals surface area (Å²) in [4.78, 5) is 4.89. The van der Waals surface area contributed by atoms with Gasteiger partial charge in [0.1, 0.15) is 11.9 Å². The number of nitrogens with zero attached hydrogens (tertiary/aromatic N) is 2. The molecule has 1 atom stereocenters. The lowest BCUT2D eigenvalue weighted by Crippen LogP contribution is -2.47. The van der Waals surface area contributed by atoms with Gasteiger partial charge in [-0.3, -0.25) is 9.80 Å². The first-order valence-electron chi connectivity index (χ1n) is 11.6. The molecule has 0 amide bonds. The zero-order valence-corrected chi connectivity index (χ0v) is 20.6. The predicted octanol–water partition coefficient (Wildman–Crippen LogP) is 6.57. The first-order chi connectivity index (χ1) is 16.6. The summed E-state index contributed by atoms with van der Waals surface area (Å²) in [5.41, 5.74) is 3.10. The largest absolute Gasteiger partial charge is 0.367 e. The van der Waals surface area contributed by atoms with Crippen LogP contribution in [-0.4, -0.2) is 55.7 Å². The number of rotatable bonds is 9. The van der Waals surface area contributed by atoms with Crippen molar-refractivity contribution in [2.45, 2.75) is 6.10 Å². The van der Waals surface area contributed by atoms with Crippen molar-refractivity contribution in [3.05, 3.63) is 111 Å². The normalized spacial score (nSPS) is 16.2. The standard InChI is InChI=1S/C28H29Cl2FN2O/c29-25-9-3-22(4-10-25)2-1-15-32-16-18-33(19-17-32)20-21-34-28(23-5-11-26(30)12-6-23)24-7-13-27(31)14-8-24/h1-14,28H,15-21H2/b2-1+. The number of hydrogen-bond donors (Lipinski definition) is 0. The Kier molecular flexibility index (Phi) is 9.14. The zero-order valence-electron chi connectivity index (χ0n) is 19.0. The molecule has 1 heterocycles. The molecule has 3 nitrogen and oxygen atoms in total. The number of halogens is 3. The summed E-state index contributed by atoms with van der Waals surface area (Å²) in [6.45, 7) is 6.49. The Hall–Kier alpha value is -2.21. The number of benzene rings is 3. The molecule has 0 aromatic heterocycles. The Bertz CT molecular complexity index is 1000. The van der Waals surface area contributed by atoms with Crippen LogP contribution in [0, 0.1) is 5.82 Å². The number of ether oxygens (including phenoxy) is 1. The summed E-state index contributed by atoms with van der Waals surface area (Å²) in [6, 6.07) is 22.0. The van der Waals surface area contributed by atoms with Crippen LogP contribution in [0.1, 0.15) is 22.8 Å². The molecular formula is C28H29Cl2FN2O. The van der Waals surface area contributed by atoms with Crippen LogP contribution in [0.5, 0.6) is 0 Å². The minimum atomic E-state index is -0.253. The topological polar surface area (TPSA) is 15.7 Å². The molecule has 1 fully saturated rings. The maximum atomic E-state index is 13.4. The van der Waals surface area contributed by atoms with Gasteiger partial charge in [0, 0.05) is 49.3 Å². The van der Waals surface area contributed by atoms with Gasteiger partial charge in [-0.05, 0) is 53.1 Å². The van der Waals surface area contributed by atoms with E-state index >= 15 is 0 Å². The Labute approximate surface area is 211 Å². The van der Waals surface area contributed by atoms with E-state index in [2.05, 4.69) is 22.0 Å². The van der Waals surface area contributed by atoms with Crippen molar-refractivity contribution in [1.29, 1.82) is 0 Å². The van der Waals surface area contributed by atoms with Gasteiger partial charge in [-0.25, -0.2) is 4.39 Å². The van der Waals surface area contributed by atoms with Crippen molar-refractivity contribution >= 4 is 29.3 Å². The van der Waals surface area contributed by atoms with Gasteiger partial charge in [-0.15, -0.1) is 0 Å². The van der Waals surface area contributed by atoms with Gasteiger partial charge in [0.2, 0.25) is 0 Å². The van der Waals surface area contributed by atoms with Gasteiger partial charge in [-0.2, -0.15) is 0 Å². The third kappa shape index (κ3) is 7.39. The van der Waals surface area contributed by atoms with Crippen LogP contribution < -0.4 is 0 Å². The summed E-state index contributed by atoms with van der Waals surface area (Å²) < 4.78 is 19.7. The lowest BCUT2D eigenvalue weighted by Gasteiger charge is -2.34. The molecule has 1 saturated heterocycles. The van der Waals surface area contributed by atoms with E-state index in [1.165, 1.54) is 12.1 Å². The molecule has 0 bridgehead atoms. The van der Waals surface area contributed by atoms with Crippen molar-refractivity contribution in [3.8, 4) is 0 Å². The van der Waals surface area contributed by atoms with E-state index in [0.29, 0.717) is 11.6 Å². The van der Waals surface area contributed by atoms with Gasteiger partial charge >= 0.3 is 0 Å². The molecule has 1 aliphatic rings. The second kappa shape index (κ2) is 12.5. The van der Waals surface area contributed by atoms with Crippen LogP contribution in [0.15, 0.2) is 78.9 Å². The monoisotopic (exact) mass is 498 g/mol. The van der Waals surface area contributed by atoms with E-state index in [1.54, 1.807) is 12.1 Å². The van der Waals surface area contributed by atoms with Gasteiger partial charge in [0.25, 0.3) is 0 Å². The zero-order chi connectivity index (χ0) is 23.8. The fraction of sp³-hybridized carbons (Fsp3) is 0.286. The summed E-state index contributed by atoms with van der Waals surface area (Å²) in [5.74, 6) is -0.250. The third-order valence-electron chi connectivity index (χ3n) is 6.05. The molecule has 0 N–H and O–H groups in total. The second-order valence-corrected chi connectivity index (χ2v) is 9.32. The SMILES string of the molecule is Fc1ccc(C(OCCN2CCN(C/C=C/c3ccc(Cl)cc3)CC2)c2ccc(Cl)cc2)cc1. The summed E-state index contributed by atoms with van der Waals surface area (Å²) >= 11 is 12.0. The van der Waals surface area contributed by atoms with Crippen LogP contribution in [0.25, 0.3) is 6.08 Å². The highest BCUT2D eigenvalue weighted by Gasteiger charge is 2.18. The smallest absolute Gasteiger partial charge is 0.123 e. The lowest BCUT2D eigenvalue weighted by atomic mass is 10.0. The molecule has 0 saturated carbocycles. The van der Waals surface area contributed by atoms with Crippen LogP contribution in [0.2, 0.25) is 10.0 Å². The molecule has 0 aliphatic carbocycles. The van der Waals surface area contributed by atoms with Gasteiger partial charge < -0.3 is 4.74 Å². The molecule has 34 heavy (non-hydrogen) atoms. The quantitative estimate of drug-likeness (QED) is 0.331. The Morgan fingerprint density at radius 3 is 1.91 bits per heavy atom. The average Bonchev–Trinajstić information content (AvgIpc) is 2.85. The highest BCUT2D eigenvalue weighted by Crippen LogP contribution is 2.27. The van der Waals surface area contributed by atoms with Crippen molar-refractivity contribution in [1.82, 2.24) is 9.80 Å². The average molecular weight is 499 g/mol. The molecule has 4 rings (SSSR count). The molecule has 1 aliphatic heterocycles. The fourth-order valence-electron chi connectivity index (χ4n) is 4.07. The Balaban J connectivity index is 1.24. The maximum absolute atomic E-state index is 13.4. The number of hydrogen-bond acceptors (Lipinski definition) is 3. The van der Waals surface area contributed by atoms with E-state index in [0.717, 1.165) is 61.0 Å². The molecule has 0 spiro atoms. The molecule has 1 unspecified atom stereocenters. The van der Waals surface area contributed by atoms with Crippen LogP contribution in [0.3, 0.4) is 0 Å². The molecular weight excluding hydrogens is 470 g/mol. The third-order valence-corrected chi connectivity index (χ3v) is 6.55. The van der Waals surface area contributed by atoms with Crippen molar-refractivity contribution in [2.24, 2.45) is 0 Å². The molecule has 0 radical (unpaired) electrons. The van der Waals surface area contributed by atoms with Gasteiger partial charge in [-0.1, -0.05) is 71.8 Å². The minimum absolute atomic E-state index is 0.250. The lowest BCUT2D eigenvalue weighted by molar-refractivity contribution is 0.0467. The van der Waals surface area contributed by atoms with E-state index in [1.807, 2.05) is 48.5 Å². The summed E-state index contributed by atoms with van der Waals surface area (Å²) in [5, 5.41) is 1.44. The highest BCUT2D eigenvalue weighted by atomic mass is 35.5. The second-order valence-electron chi connectivity index (χ2n) is 8.45. The van der Waals surface area contributed by atoms with E-state index < -0.39 is 0 Å². The Morgan fingerprint density at radius 2 is 1.29 bits per heavy atom. The fourth-order valence-corrected chi connectivity index (χ4v) is 4.32. The van der Waals surface area contributed by atoms with E-state index in [4.69, 9.17) is 27.9 Å². The van der Waals surface area contributed by atoms with Crippen LogP contribution in [0.4, 0.5) is 4.39 Å². The molecule has 6 heteroatoms. The van der Waals surface area contributed by atoms with Crippen molar-refractivity contribution in [3.63, 3.8) is 0 Å². The van der Waals surface area contributed by atoms with E-state index in [9.17, 15) is 4.39 Å². The highest BCUT2D eigenvalue weighted by molar-refractivity contribution is 6.30. The molecule has 3 aromatic carbocycles. The van der Waals surface area contributed by atoms with Crippen molar-refractivity contribution < 1.29 is 9.13 Å². The van der Waals surface area contributed by atoms with Crippen LogP contribution in [-0.2, 0) is 4.74 Å². The molecule has 3 aromatic rings. The minimum Gasteiger partial charge on any atom is -0.367 e.